The fourth-order valence-electron chi connectivity index (χ4n) is 11.7. The predicted molar refractivity (Wildman–Crippen MR) is 251 cm³/mol. The Balaban J connectivity index is 1.31. The van der Waals surface area contributed by atoms with Gasteiger partial charge in [-0.15, -0.1) is 11.3 Å². The van der Waals surface area contributed by atoms with Crippen molar-refractivity contribution in [1.29, 1.82) is 0 Å². The average Bonchev–Trinajstić information content (AvgIpc) is 3.59. The largest absolute Gasteiger partial charge is 0.311 e. The zero-order valence-corrected chi connectivity index (χ0v) is 37.3. The van der Waals surface area contributed by atoms with Gasteiger partial charge in [0, 0.05) is 38.6 Å². The van der Waals surface area contributed by atoms with Gasteiger partial charge in [-0.05, 0) is 146 Å². The Labute approximate surface area is 351 Å². The number of fused-ring (bicyclic) bond motifs is 7. The molecule has 0 saturated heterocycles. The molecule has 0 amide bonds. The van der Waals surface area contributed by atoms with Gasteiger partial charge in [0.1, 0.15) is 0 Å². The summed E-state index contributed by atoms with van der Waals surface area (Å²) in [5, 5.41) is 1.42. The second-order valence-electron chi connectivity index (χ2n) is 21.7. The summed E-state index contributed by atoms with van der Waals surface area (Å²) >= 11 is 2.10. The molecule has 5 heterocycles. The first-order valence-electron chi connectivity index (χ1n) is 21.8. The maximum atomic E-state index is 2.72. The summed E-state index contributed by atoms with van der Waals surface area (Å²) < 4.78 is 0. The highest BCUT2D eigenvalue weighted by molar-refractivity contribution is 7.20. The van der Waals surface area contributed by atoms with Gasteiger partial charge < -0.3 is 9.80 Å². The monoisotopic (exact) mass is 776 g/mol. The van der Waals surface area contributed by atoms with Crippen LogP contribution in [0, 0.1) is 6.92 Å². The third kappa shape index (κ3) is 4.85. The molecule has 0 spiro atoms. The van der Waals surface area contributed by atoms with E-state index in [1.807, 2.05) is 0 Å². The molecule has 292 valence electrons. The molecule has 6 aromatic rings. The van der Waals surface area contributed by atoms with E-state index in [9.17, 15) is 0 Å². The van der Waals surface area contributed by atoms with Crippen LogP contribution >= 0.6 is 11.3 Å². The van der Waals surface area contributed by atoms with Crippen LogP contribution < -0.4 is 26.2 Å². The molecule has 4 bridgehead atoms. The summed E-state index contributed by atoms with van der Waals surface area (Å²) in [6.45, 7) is 27.0. The minimum atomic E-state index is -0.0707. The fourth-order valence-corrected chi connectivity index (χ4v) is 13.5. The molecule has 1 unspecified atom stereocenters. The van der Waals surface area contributed by atoms with Gasteiger partial charge >= 0.3 is 0 Å². The van der Waals surface area contributed by atoms with Gasteiger partial charge in [0.2, 0.25) is 0 Å². The van der Waals surface area contributed by atoms with Crippen LogP contribution in [0.25, 0.3) is 11.1 Å². The molecule has 1 aromatic heterocycles. The number of nitrogens with zero attached hydrogens (tertiary/aromatic N) is 2. The summed E-state index contributed by atoms with van der Waals surface area (Å²) in [4.78, 5) is 6.94. The molecule has 6 aliphatic rings. The van der Waals surface area contributed by atoms with Gasteiger partial charge in [-0.3, -0.25) is 0 Å². The van der Waals surface area contributed by atoms with Crippen molar-refractivity contribution in [2.75, 3.05) is 9.80 Å². The normalized spacial score (nSPS) is 21.1. The van der Waals surface area contributed by atoms with Gasteiger partial charge in [-0.2, -0.15) is 0 Å². The maximum absolute atomic E-state index is 2.72. The minimum Gasteiger partial charge on any atom is -0.311 e. The first-order valence-corrected chi connectivity index (χ1v) is 22.6. The molecular weight excluding hydrogens is 719 g/mol. The van der Waals surface area contributed by atoms with Crippen LogP contribution in [0.4, 0.5) is 33.4 Å². The maximum Gasteiger partial charge on any atom is 0.253 e. The average molecular weight is 777 g/mol. The van der Waals surface area contributed by atoms with Crippen molar-refractivity contribution in [2.45, 2.75) is 129 Å². The first-order chi connectivity index (χ1) is 27.4. The number of benzene rings is 5. The van der Waals surface area contributed by atoms with E-state index in [0.29, 0.717) is 0 Å². The Morgan fingerprint density at radius 3 is 1.90 bits per heavy atom. The van der Waals surface area contributed by atoms with E-state index in [1.165, 1.54) is 90.6 Å². The number of anilines is 6. The molecule has 2 aliphatic carbocycles. The zero-order valence-electron chi connectivity index (χ0n) is 36.4. The number of para-hydroxylation sites is 1. The lowest BCUT2D eigenvalue weighted by Crippen LogP contribution is -2.63. The molecule has 12 rings (SSSR count). The molecule has 2 nitrogen and oxygen atoms in total. The van der Waals surface area contributed by atoms with Gasteiger partial charge in [-0.1, -0.05) is 130 Å². The van der Waals surface area contributed by atoms with Gasteiger partial charge in [0.15, 0.2) is 0 Å². The van der Waals surface area contributed by atoms with E-state index in [0.717, 1.165) is 12.8 Å². The Bertz CT molecular complexity index is 2720. The van der Waals surface area contributed by atoms with E-state index < -0.39 is 0 Å². The molecule has 0 saturated carbocycles. The van der Waals surface area contributed by atoms with Crippen molar-refractivity contribution >= 4 is 67.9 Å². The summed E-state index contributed by atoms with van der Waals surface area (Å²) in [5.74, 6) is 0. The molecule has 5 aromatic carbocycles. The van der Waals surface area contributed by atoms with Gasteiger partial charge in [0.25, 0.3) is 6.71 Å². The second-order valence-corrected chi connectivity index (χ2v) is 22.7. The smallest absolute Gasteiger partial charge is 0.253 e. The highest BCUT2D eigenvalue weighted by Gasteiger charge is 2.53. The summed E-state index contributed by atoms with van der Waals surface area (Å²) in [5.41, 5.74) is 22.5. The van der Waals surface area contributed by atoms with Crippen LogP contribution in [-0.2, 0) is 27.1 Å². The van der Waals surface area contributed by atoms with Crippen molar-refractivity contribution in [1.82, 2.24) is 0 Å². The molecule has 58 heavy (non-hydrogen) atoms. The third-order valence-corrected chi connectivity index (χ3v) is 16.9. The topological polar surface area (TPSA) is 6.48 Å². The van der Waals surface area contributed by atoms with Gasteiger partial charge in [0.05, 0.1) is 10.7 Å². The SMILES string of the molecule is Cc1cc2c3c(c1)N1c4ccccc4-c4ccc(cc4)C4(C)CCC(C)(C)c5c4sc1c5B3c1cc3c(cc1N2c1ccc(C(C)(C)C)cc1)C(C)(C)CCC3(C)C. The number of thiophene rings is 1. The lowest BCUT2D eigenvalue weighted by Gasteiger charge is -2.48. The quantitative estimate of drug-likeness (QED) is 0.153. The number of aryl methyl sites for hydroxylation is 1. The Hall–Kier alpha value is -4.54. The van der Waals surface area contributed by atoms with Crippen molar-refractivity contribution in [3.63, 3.8) is 0 Å². The van der Waals surface area contributed by atoms with Crippen molar-refractivity contribution in [3.8, 4) is 11.1 Å². The van der Waals surface area contributed by atoms with Crippen molar-refractivity contribution < 1.29 is 0 Å². The van der Waals surface area contributed by atoms with Crippen LogP contribution in [-0.4, -0.2) is 6.71 Å². The number of rotatable bonds is 1. The van der Waals surface area contributed by atoms with Crippen molar-refractivity contribution in [3.05, 3.63) is 135 Å². The number of hydrogen-bond donors (Lipinski definition) is 0. The third-order valence-electron chi connectivity index (χ3n) is 15.4. The Morgan fingerprint density at radius 2 is 1.22 bits per heavy atom. The zero-order chi connectivity index (χ0) is 40.5. The van der Waals surface area contributed by atoms with E-state index in [2.05, 4.69) is 194 Å². The highest BCUT2D eigenvalue weighted by Crippen LogP contribution is 2.58. The Morgan fingerprint density at radius 1 is 0.603 bits per heavy atom. The van der Waals surface area contributed by atoms with Crippen LogP contribution in [0.2, 0.25) is 0 Å². The lowest BCUT2D eigenvalue weighted by molar-refractivity contribution is 0.332. The lowest BCUT2D eigenvalue weighted by atomic mass is 9.32. The van der Waals surface area contributed by atoms with E-state index in [1.54, 1.807) is 21.5 Å². The minimum absolute atomic E-state index is 0.0199. The highest BCUT2D eigenvalue weighted by atomic mass is 32.1. The summed E-state index contributed by atoms with van der Waals surface area (Å²) in [6.07, 6.45) is 4.69. The van der Waals surface area contributed by atoms with E-state index in [4.69, 9.17) is 0 Å². The summed E-state index contributed by atoms with van der Waals surface area (Å²) in [6, 6.07) is 38.8. The molecule has 0 N–H and O–H groups in total. The van der Waals surface area contributed by atoms with Crippen LogP contribution in [0.3, 0.4) is 0 Å². The van der Waals surface area contributed by atoms with Crippen LogP contribution in [0.5, 0.6) is 0 Å². The Kier molecular flexibility index (Phi) is 7.31. The molecule has 0 fully saturated rings. The van der Waals surface area contributed by atoms with Crippen LogP contribution in [0.1, 0.15) is 133 Å². The first kappa shape index (κ1) is 36.5. The fraction of sp³-hybridized carbons (Fsp3) is 0.370. The molecule has 4 aliphatic heterocycles. The second kappa shape index (κ2) is 11.6. The summed E-state index contributed by atoms with van der Waals surface area (Å²) in [7, 11) is 0. The van der Waals surface area contributed by atoms with E-state index in [-0.39, 0.29) is 33.8 Å². The molecule has 4 heteroatoms. The molecule has 1 atom stereocenters. The molecular formula is C54H57BN2S. The van der Waals surface area contributed by atoms with Crippen molar-refractivity contribution in [2.24, 2.45) is 0 Å². The predicted octanol–water partition coefficient (Wildman–Crippen LogP) is 13.1. The van der Waals surface area contributed by atoms with Crippen LogP contribution in [0.15, 0.2) is 97.1 Å². The van der Waals surface area contributed by atoms with Gasteiger partial charge in [-0.25, -0.2) is 0 Å². The number of hydrogen-bond acceptors (Lipinski definition) is 3. The van der Waals surface area contributed by atoms with E-state index >= 15 is 0 Å². The standard InChI is InChI=1S/C54H57BN2S/c1-32-28-43-46-44(29-32)57-41-15-13-12-14-37(41)33-16-18-35(19-17-33)54(11)27-26-53(9,10)45-47(49(57)58-48(45)54)55(46)40-30-38-39(52(7,8)25-24-51(38,5)6)31-42(40)56(43)36-22-20-34(21-23-36)50(2,3)4/h12-23,28-31H,24-27H2,1-11H3. The molecule has 0 radical (unpaired) electrons.